The van der Waals surface area contributed by atoms with E-state index in [1.165, 1.54) is 0 Å². The van der Waals surface area contributed by atoms with Crippen molar-refractivity contribution in [1.82, 2.24) is 10.2 Å². The van der Waals surface area contributed by atoms with Crippen molar-refractivity contribution in [1.29, 1.82) is 10.5 Å². The Morgan fingerprint density at radius 3 is 2.75 bits per heavy atom. The van der Waals surface area contributed by atoms with E-state index < -0.39 is 5.92 Å². The molecule has 3 aromatic rings. The topological polar surface area (TPSA) is 130 Å². The summed E-state index contributed by atoms with van der Waals surface area (Å²) in [5.41, 5.74) is 9.99. The van der Waals surface area contributed by atoms with Crippen LogP contribution in [-0.2, 0) is 6.61 Å². The Labute approximate surface area is 198 Å². The average molecular weight is 539 g/mol. The van der Waals surface area contributed by atoms with Crippen molar-refractivity contribution in [2.24, 2.45) is 5.73 Å². The lowest BCUT2D eigenvalue weighted by molar-refractivity contribution is 0.282. The Hall–Kier alpha value is -3.70. The maximum Gasteiger partial charge on any atom is 0.244 e. The molecule has 0 fully saturated rings. The second kappa shape index (κ2) is 8.81. The second-order valence-corrected chi connectivity index (χ2v) is 8.25. The summed E-state index contributed by atoms with van der Waals surface area (Å²) >= 11 is 2.17. The molecule has 0 bridgehead atoms. The van der Waals surface area contributed by atoms with Gasteiger partial charge in [0.25, 0.3) is 0 Å². The van der Waals surface area contributed by atoms with Gasteiger partial charge in [-0.15, -0.1) is 5.10 Å². The fraction of sp³-hybridized carbons (Fsp3) is 0.174. The Bertz CT molecular complexity index is 1320. The highest BCUT2D eigenvalue weighted by Gasteiger charge is 2.35. The van der Waals surface area contributed by atoms with E-state index >= 15 is 0 Å². The Morgan fingerprint density at radius 2 is 2.03 bits per heavy atom. The molecule has 0 aliphatic carbocycles. The summed E-state index contributed by atoms with van der Waals surface area (Å²) in [5.74, 6) is 0.978. The number of nitrogens with one attached hydrogen (secondary N) is 1. The first-order valence-corrected chi connectivity index (χ1v) is 10.7. The molecule has 2 aromatic carbocycles. The largest absolute Gasteiger partial charge is 0.493 e. The summed E-state index contributed by atoms with van der Waals surface area (Å²) in [4.78, 5) is 0. The number of rotatable bonds is 5. The summed E-state index contributed by atoms with van der Waals surface area (Å²) < 4.78 is 18.0. The van der Waals surface area contributed by atoms with E-state index in [1.807, 2.05) is 37.3 Å². The van der Waals surface area contributed by atoms with Gasteiger partial charge in [-0.25, -0.2) is 0 Å². The Kier molecular flexibility index (Phi) is 5.93. The highest BCUT2D eigenvalue weighted by atomic mass is 127. The van der Waals surface area contributed by atoms with E-state index in [1.54, 1.807) is 13.2 Å². The van der Waals surface area contributed by atoms with Crippen LogP contribution >= 0.6 is 22.6 Å². The monoisotopic (exact) mass is 539 g/mol. The number of nitriles is 2. The van der Waals surface area contributed by atoms with Crippen LogP contribution in [0, 0.1) is 33.2 Å². The first kappa shape index (κ1) is 21.5. The second-order valence-electron chi connectivity index (χ2n) is 7.08. The molecule has 1 aromatic heterocycles. The number of hydrogen-bond donors (Lipinski definition) is 2. The zero-order valence-electron chi connectivity index (χ0n) is 17.3. The lowest BCUT2D eigenvalue weighted by Gasteiger charge is -2.25. The number of methoxy groups -OCH3 is 1. The van der Waals surface area contributed by atoms with Crippen molar-refractivity contribution >= 4 is 22.6 Å². The summed E-state index contributed by atoms with van der Waals surface area (Å²) in [7, 11) is 1.55. The number of hydrogen-bond acceptors (Lipinski definition) is 7. The molecule has 0 radical (unpaired) electrons. The number of halogens is 1. The van der Waals surface area contributed by atoms with Gasteiger partial charge in [0.2, 0.25) is 11.8 Å². The summed E-state index contributed by atoms with van der Waals surface area (Å²) in [5, 5.41) is 26.1. The SMILES string of the molecule is COc1cc([C@H]2C(C#N)=C(N)Oc3n[nH]c(C)c32)cc(I)c1OCc1ccccc1C#N. The van der Waals surface area contributed by atoms with Crippen molar-refractivity contribution in [3.63, 3.8) is 0 Å². The molecule has 3 N–H and O–H groups in total. The minimum atomic E-state index is -0.460. The predicted molar refractivity (Wildman–Crippen MR) is 124 cm³/mol. The Balaban J connectivity index is 1.75. The standard InChI is InChI=1S/C23H18IN5O3/c1-12-19-20(16(10-26)22(27)32-23(19)29-28-12)15-7-17(24)21(18(8-15)30-2)31-11-14-6-4-3-5-13(14)9-25/h3-8,20H,11,27H2,1-2H3,(H,28,29)/t20-/m0/s1. The molecule has 8 nitrogen and oxygen atoms in total. The van der Waals surface area contributed by atoms with Gasteiger partial charge >= 0.3 is 0 Å². The number of nitrogens with zero attached hydrogens (tertiary/aromatic N) is 3. The van der Waals surface area contributed by atoms with Crippen molar-refractivity contribution in [2.45, 2.75) is 19.4 Å². The summed E-state index contributed by atoms with van der Waals surface area (Å²) in [6.07, 6.45) is 0. The molecule has 0 saturated carbocycles. The molecule has 1 aliphatic rings. The number of aromatic nitrogens is 2. The van der Waals surface area contributed by atoms with Gasteiger partial charge in [0.1, 0.15) is 18.2 Å². The van der Waals surface area contributed by atoms with E-state index in [0.29, 0.717) is 28.5 Å². The van der Waals surface area contributed by atoms with Crippen LogP contribution in [0.15, 0.2) is 47.9 Å². The minimum absolute atomic E-state index is 0.0268. The van der Waals surface area contributed by atoms with Crippen LogP contribution in [0.1, 0.15) is 33.9 Å². The van der Waals surface area contributed by atoms with Gasteiger partial charge in [0.05, 0.1) is 28.2 Å². The molecule has 2 heterocycles. The van der Waals surface area contributed by atoms with Gasteiger partial charge in [-0.3, -0.25) is 5.10 Å². The van der Waals surface area contributed by atoms with Crippen molar-refractivity contribution < 1.29 is 14.2 Å². The lowest BCUT2D eigenvalue weighted by atomic mass is 9.84. The van der Waals surface area contributed by atoms with E-state index in [0.717, 1.165) is 26.0 Å². The summed E-state index contributed by atoms with van der Waals surface area (Å²) in [6.45, 7) is 2.08. The van der Waals surface area contributed by atoms with E-state index in [2.05, 4.69) is 44.9 Å². The van der Waals surface area contributed by atoms with Crippen LogP contribution in [-0.4, -0.2) is 17.3 Å². The van der Waals surface area contributed by atoms with E-state index in [4.69, 9.17) is 19.9 Å². The third kappa shape index (κ3) is 3.72. The highest BCUT2D eigenvalue weighted by molar-refractivity contribution is 14.1. The molecular weight excluding hydrogens is 521 g/mol. The van der Waals surface area contributed by atoms with Gasteiger partial charge in [-0.05, 0) is 53.3 Å². The van der Waals surface area contributed by atoms with Crippen molar-refractivity contribution in [3.05, 3.63) is 79.4 Å². The fourth-order valence-corrected chi connectivity index (χ4v) is 4.46. The molecule has 9 heteroatoms. The molecule has 0 amide bonds. The average Bonchev–Trinajstić information content (AvgIpc) is 3.16. The Morgan fingerprint density at radius 1 is 1.25 bits per heavy atom. The van der Waals surface area contributed by atoms with Gasteiger partial charge in [-0.1, -0.05) is 18.2 Å². The van der Waals surface area contributed by atoms with Gasteiger partial charge < -0.3 is 19.9 Å². The zero-order valence-corrected chi connectivity index (χ0v) is 19.4. The summed E-state index contributed by atoms with van der Waals surface area (Å²) in [6, 6.07) is 15.4. The first-order chi connectivity index (χ1) is 15.5. The first-order valence-electron chi connectivity index (χ1n) is 9.59. The molecule has 0 unspecified atom stereocenters. The maximum atomic E-state index is 9.77. The van der Waals surface area contributed by atoms with E-state index in [-0.39, 0.29) is 12.5 Å². The number of fused-ring (bicyclic) bond motifs is 1. The van der Waals surface area contributed by atoms with Crippen molar-refractivity contribution in [3.8, 4) is 29.5 Å². The van der Waals surface area contributed by atoms with Crippen LogP contribution in [0.5, 0.6) is 17.4 Å². The molecule has 0 saturated heterocycles. The molecule has 1 atom stereocenters. The van der Waals surface area contributed by atoms with Crippen LogP contribution in [0.3, 0.4) is 0 Å². The zero-order chi connectivity index (χ0) is 22.8. The number of H-pyrrole nitrogens is 1. The number of allylic oxidation sites excluding steroid dienone is 1. The molecule has 1 aliphatic heterocycles. The number of ether oxygens (including phenoxy) is 3. The molecule has 160 valence electrons. The van der Waals surface area contributed by atoms with Crippen LogP contribution < -0.4 is 19.9 Å². The molecule has 32 heavy (non-hydrogen) atoms. The maximum absolute atomic E-state index is 9.77. The van der Waals surface area contributed by atoms with Gasteiger partial charge in [-0.2, -0.15) is 10.5 Å². The third-order valence-electron chi connectivity index (χ3n) is 5.22. The molecular formula is C23H18IN5O3. The van der Waals surface area contributed by atoms with Gasteiger partial charge in [0.15, 0.2) is 11.5 Å². The van der Waals surface area contributed by atoms with Crippen LogP contribution in [0.25, 0.3) is 0 Å². The smallest absolute Gasteiger partial charge is 0.244 e. The van der Waals surface area contributed by atoms with Crippen LogP contribution in [0.2, 0.25) is 0 Å². The van der Waals surface area contributed by atoms with E-state index in [9.17, 15) is 10.5 Å². The molecule has 0 spiro atoms. The lowest BCUT2D eigenvalue weighted by Crippen LogP contribution is -2.21. The predicted octanol–water partition coefficient (Wildman–Crippen LogP) is 4.00. The number of aromatic amines is 1. The third-order valence-corrected chi connectivity index (χ3v) is 6.03. The minimum Gasteiger partial charge on any atom is -0.493 e. The fourth-order valence-electron chi connectivity index (χ4n) is 3.68. The number of benzene rings is 2. The number of aryl methyl sites for hydroxylation is 1. The highest BCUT2D eigenvalue weighted by Crippen LogP contribution is 2.45. The number of nitrogens with two attached hydrogens (primary N) is 1. The quantitative estimate of drug-likeness (QED) is 0.469. The van der Waals surface area contributed by atoms with Crippen LogP contribution in [0.4, 0.5) is 0 Å². The van der Waals surface area contributed by atoms with Gasteiger partial charge in [0, 0.05) is 16.8 Å². The normalized spacial score (nSPS) is 14.7. The van der Waals surface area contributed by atoms with Crippen molar-refractivity contribution in [2.75, 3.05) is 7.11 Å². The molecule has 4 rings (SSSR count).